The highest BCUT2D eigenvalue weighted by molar-refractivity contribution is 5.52. The monoisotopic (exact) mass is 184 g/mol. The van der Waals surface area contributed by atoms with Crippen LogP contribution in [0.15, 0.2) is 18.2 Å². The van der Waals surface area contributed by atoms with E-state index in [-0.39, 0.29) is 5.82 Å². The lowest BCUT2D eigenvalue weighted by Crippen LogP contribution is -2.15. The van der Waals surface area contributed by atoms with Gasteiger partial charge in [-0.1, -0.05) is 6.07 Å². The first-order valence-electron chi connectivity index (χ1n) is 3.98. The van der Waals surface area contributed by atoms with Crippen LogP contribution in [0.4, 0.5) is 10.1 Å². The van der Waals surface area contributed by atoms with Gasteiger partial charge in [-0.05, 0) is 17.7 Å². The van der Waals surface area contributed by atoms with Gasteiger partial charge in [0.2, 0.25) is 0 Å². The Balaban J connectivity index is 3.03. The fourth-order valence-electron chi connectivity index (χ4n) is 1.19. The summed E-state index contributed by atoms with van der Waals surface area (Å²) in [6, 6.07) is 4.46. The van der Waals surface area contributed by atoms with Crippen molar-refractivity contribution in [3.05, 3.63) is 29.6 Å². The Hall–Kier alpha value is -1.13. The van der Waals surface area contributed by atoms with Crippen LogP contribution in [-0.4, -0.2) is 19.3 Å². The van der Waals surface area contributed by atoms with E-state index in [1.807, 2.05) is 19.6 Å². The molecule has 0 saturated carbocycles. The fraction of sp³-hybridized carbons (Fsp3) is 0.333. The third-order valence-corrected chi connectivity index (χ3v) is 1.80. The molecule has 0 amide bonds. The molecule has 0 aliphatic heterocycles. The minimum Gasteiger partial charge on any atom is -0.377 e. The van der Waals surface area contributed by atoms with Gasteiger partial charge in [0.05, 0.1) is 0 Å². The normalized spacial score (nSPS) is 10.2. The van der Waals surface area contributed by atoms with Crippen molar-refractivity contribution in [3.8, 4) is 0 Å². The summed E-state index contributed by atoms with van der Waals surface area (Å²) >= 11 is 0. The first kappa shape index (κ1) is 9.95. The molecular formula is C9H13FN2O. The highest BCUT2D eigenvalue weighted by Gasteiger charge is 2.04. The van der Waals surface area contributed by atoms with Gasteiger partial charge in [-0.3, -0.25) is 0 Å². The van der Waals surface area contributed by atoms with Gasteiger partial charge in [-0.15, -0.1) is 0 Å². The minimum absolute atomic E-state index is 0.273. The second-order valence-electron chi connectivity index (χ2n) is 3.00. The SMILES string of the molecule is CN(C)c1cc(F)ccc1CNO. The van der Waals surface area contributed by atoms with Crippen LogP contribution in [-0.2, 0) is 6.54 Å². The molecule has 1 aromatic carbocycles. The summed E-state index contributed by atoms with van der Waals surface area (Å²) in [6.07, 6.45) is 0. The number of anilines is 1. The van der Waals surface area contributed by atoms with Gasteiger partial charge in [-0.2, -0.15) is 0 Å². The van der Waals surface area contributed by atoms with Crippen molar-refractivity contribution in [2.24, 2.45) is 0 Å². The highest BCUT2D eigenvalue weighted by atomic mass is 19.1. The average molecular weight is 184 g/mol. The molecule has 0 heterocycles. The predicted octanol–water partition coefficient (Wildman–Crippen LogP) is 1.37. The van der Waals surface area contributed by atoms with Gasteiger partial charge in [-0.25, -0.2) is 9.87 Å². The molecule has 0 aliphatic rings. The molecule has 0 aliphatic carbocycles. The molecular weight excluding hydrogens is 171 g/mol. The second-order valence-corrected chi connectivity index (χ2v) is 3.00. The number of rotatable bonds is 3. The summed E-state index contributed by atoms with van der Waals surface area (Å²) in [5.41, 5.74) is 3.67. The van der Waals surface area contributed by atoms with Crippen molar-refractivity contribution in [1.82, 2.24) is 5.48 Å². The number of nitrogens with one attached hydrogen (secondary N) is 1. The van der Waals surface area contributed by atoms with E-state index in [1.165, 1.54) is 12.1 Å². The lowest BCUT2D eigenvalue weighted by Gasteiger charge is -2.16. The van der Waals surface area contributed by atoms with Crippen molar-refractivity contribution in [3.63, 3.8) is 0 Å². The molecule has 13 heavy (non-hydrogen) atoms. The van der Waals surface area contributed by atoms with Gasteiger partial charge in [0, 0.05) is 26.3 Å². The van der Waals surface area contributed by atoms with Crippen LogP contribution in [0.2, 0.25) is 0 Å². The van der Waals surface area contributed by atoms with Gasteiger partial charge < -0.3 is 10.1 Å². The van der Waals surface area contributed by atoms with Gasteiger partial charge in [0.15, 0.2) is 0 Å². The molecule has 0 fully saturated rings. The molecule has 0 radical (unpaired) electrons. The maximum atomic E-state index is 12.8. The zero-order chi connectivity index (χ0) is 9.84. The van der Waals surface area contributed by atoms with E-state index in [1.54, 1.807) is 11.0 Å². The Bertz CT molecular complexity index is 289. The molecule has 72 valence electrons. The second kappa shape index (κ2) is 4.20. The first-order chi connectivity index (χ1) is 6.15. The molecule has 2 N–H and O–H groups in total. The number of hydroxylamine groups is 1. The van der Waals surface area contributed by atoms with Gasteiger partial charge in [0.1, 0.15) is 5.82 Å². The Morgan fingerprint density at radius 2 is 2.15 bits per heavy atom. The third-order valence-electron chi connectivity index (χ3n) is 1.80. The third kappa shape index (κ3) is 2.40. The number of hydrogen-bond donors (Lipinski definition) is 2. The lowest BCUT2D eigenvalue weighted by molar-refractivity contribution is 0.161. The largest absolute Gasteiger partial charge is 0.377 e. The Morgan fingerprint density at radius 1 is 1.46 bits per heavy atom. The molecule has 0 atom stereocenters. The van der Waals surface area contributed by atoms with Crippen molar-refractivity contribution in [1.29, 1.82) is 0 Å². The highest BCUT2D eigenvalue weighted by Crippen LogP contribution is 2.19. The Morgan fingerprint density at radius 3 is 2.69 bits per heavy atom. The van der Waals surface area contributed by atoms with E-state index < -0.39 is 0 Å². The first-order valence-corrected chi connectivity index (χ1v) is 3.98. The van der Waals surface area contributed by atoms with E-state index in [9.17, 15) is 4.39 Å². The molecule has 0 spiro atoms. The van der Waals surface area contributed by atoms with E-state index in [0.29, 0.717) is 6.54 Å². The molecule has 0 unspecified atom stereocenters. The van der Waals surface area contributed by atoms with Crippen LogP contribution in [0, 0.1) is 5.82 Å². The number of halogens is 1. The number of nitrogens with zero attached hydrogens (tertiary/aromatic N) is 1. The molecule has 1 rings (SSSR count). The molecule has 0 bridgehead atoms. The summed E-state index contributed by atoms with van der Waals surface area (Å²) in [6.45, 7) is 0.313. The lowest BCUT2D eigenvalue weighted by atomic mass is 10.1. The van der Waals surface area contributed by atoms with Crippen LogP contribution in [0.1, 0.15) is 5.56 Å². The molecule has 3 nitrogen and oxygen atoms in total. The van der Waals surface area contributed by atoms with Crippen molar-refractivity contribution >= 4 is 5.69 Å². The maximum Gasteiger partial charge on any atom is 0.125 e. The van der Waals surface area contributed by atoms with Gasteiger partial charge in [0.25, 0.3) is 0 Å². The molecule has 4 heteroatoms. The van der Waals surface area contributed by atoms with E-state index in [0.717, 1.165) is 11.3 Å². The van der Waals surface area contributed by atoms with Gasteiger partial charge >= 0.3 is 0 Å². The Labute approximate surface area is 76.7 Å². The zero-order valence-corrected chi connectivity index (χ0v) is 7.71. The van der Waals surface area contributed by atoms with Crippen molar-refractivity contribution < 1.29 is 9.60 Å². The quantitative estimate of drug-likeness (QED) is 0.696. The van der Waals surface area contributed by atoms with E-state index in [4.69, 9.17) is 5.21 Å². The molecule has 0 aromatic heterocycles. The fourth-order valence-corrected chi connectivity index (χ4v) is 1.19. The number of hydrogen-bond acceptors (Lipinski definition) is 3. The van der Waals surface area contributed by atoms with Crippen LogP contribution in [0.5, 0.6) is 0 Å². The van der Waals surface area contributed by atoms with Crippen molar-refractivity contribution in [2.75, 3.05) is 19.0 Å². The standard InChI is InChI=1S/C9H13FN2O/c1-12(2)9-5-8(10)4-3-7(9)6-11-13/h3-5,11,13H,6H2,1-2H3. The zero-order valence-electron chi connectivity index (χ0n) is 7.71. The summed E-state index contributed by atoms with van der Waals surface area (Å²) in [5.74, 6) is -0.273. The minimum atomic E-state index is -0.273. The average Bonchev–Trinajstić information content (AvgIpc) is 2.08. The van der Waals surface area contributed by atoms with Crippen LogP contribution in [0.25, 0.3) is 0 Å². The van der Waals surface area contributed by atoms with E-state index >= 15 is 0 Å². The summed E-state index contributed by atoms with van der Waals surface area (Å²) in [4.78, 5) is 1.80. The van der Waals surface area contributed by atoms with E-state index in [2.05, 4.69) is 0 Å². The summed E-state index contributed by atoms with van der Waals surface area (Å²) in [5, 5.41) is 8.53. The predicted molar refractivity (Wildman–Crippen MR) is 49.4 cm³/mol. The molecule has 1 aromatic rings. The molecule has 0 saturated heterocycles. The van der Waals surface area contributed by atoms with Crippen molar-refractivity contribution in [2.45, 2.75) is 6.54 Å². The number of benzene rings is 1. The van der Waals surface area contributed by atoms with Crippen LogP contribution >= 0.6 is 0 Å². The van der Waals surface area contributed by atoms with Crippen LogP contribution < -0.4 is 10.4 Å². The Kier molecular flexibility index (Phi) is 3.22. The van der Waals surface area contributed by atoms with Crippen LogP contribution in [0.3, 0.4) is 0 Å². The smallest absolute Gasteiger partial charge is 0.125 e. The maximum absolute atomic E-state index is 12.8. The topological polar surface area (TPSA) is 35.5 Å². The summed E-state index contributed by atoms with van der Waals surface area (Å²) < 4.78 is 12.8. The summed E-state index contributed by atoms with van der Waals surface area (Å²) in [7, 11) is 3.66.